The first-order valence-electron chi connectivity index (χ1n) is 6.96. The van der Waals surface area contributed by atoms with Crippen molar-refractivity contribution in [2.24, 2.45) is 5.73 Å². The highest BCUT2D eigenvalue weighted by Crippen LogP contribution is 2.16. The molecule has 0 unspecified atom stereocenters. The lowest BCUT2D eigenvalue weighted by atomic mass is 10.2. The maximum Gasteiger partial charge on any atom is 0.224 e. The number of benzene rings is 1. The zero-order chi connectivity index (χ0) is 15.7. The summed E-state index contributed by atoms with van der Waals surface area (Å²) in [6.45, 7) is 0.926. The van der Waals surface area contributed by atoms with Gasteiger partial charge in [-0.1, -0.05) is 0 Å². The van der Waals surface area contributed by atoms with Gasteiger partial charge >= 0.3 is 0 Å². The molecule has 0 spiro atoms. The zero-order valence-electron chi connectivity index (χ0n) is 12.6. The fourth-order valence-electron chi connectivity index (χ4n) is 1.66. The van der Waals surface area contributed by atoms with Gasteiger partial charge in [-0.25, -0.2) is 0 Å². The Balaban J connectivity index is 2.32. The second-order valence-corrected chi connectivity index (χ2v) is 4.85. The Hall–Kier alpha value is -2.08. The van der Waals surface area contributed by atoms with Gasteiger partial charge < -0.3 is 20.7 Å². The second-order valence-electron chi connectivity index (χ2n) is 4.85. The molecule has 0 saturated carbocycles. The highest BCUT2D eigenvalue weighted by atomic mass is 16.5. The number of nitrogens with one attached hydrogen (secondary N) is 1. The molecule has 1 aromatic rings. The van der Waals surface area contributed by atoms with Gasteiger partial charge in [0.05, 0.1) is 0 Å². The fourth-order valence-corrected chi connectivity index (χ4v) is 1.66. The first-order valence-corrected chi connectivity index (χ1v) is 6.96. The van der Waals surface area contributed by atoms with Crippen LogP contribution in [0.1, 0.15) is 19.3 Å². The van der Waals surface area contributed by atoms with Gasteiger partial charge in [-0.05, 0) is 30.7 Å². The van der Waals surface area contributed by atoms with E-state index in [0.29, 0.717) is 38.1 Å². The second kappa shape index (κ2) is 8.97. The van der Waals surface area contributed by atoms with Crippen LogP contribution < -0.4 is 15.8 Å². The summed E-state index contributed by atoms with van der Waals surface area (Å²) in [5.41, 5.74) is 6.06. The standard InChI is InChI=1S/C15H23N3O3/c1-18(2)15(20)5-3-4-14(19)17-12-6-8-13(9-7-12)21-11-10-16/h6-9H,3-5,10-11,16H2,1-2H3,(H,17,19). The molecule has 1 aromatic carbocycles. The Bertz CT molecular complexity index is 458. The first kappa shape index (κ1) is 17.0. The van der Waals surface area contributed by atoms with Gasteiger partial charge in [0.15, 0.2) is 0 Å². The third kappa shape index (κ3) is 6.76. The summed E-state index contributed by atoms with van der Waals surface area (Å²) >= 11 is 0. The smallest absolute Gasteiger partial charge is 0.224 e. The highest BCUT2D eigenvalue weighted by molar-refractivity contribution is 5.91. The number of carbonyl (C=O) groups excluding carboxylic acids is 2. The molecule has 0 saturated heterocycles. The van der Waals surface area contributed by atoms with E-state index in [-0.39, 0.29) is 11.8 Å². The molecule has 0 atom stereocenters. The number of anilines is 1. The molecule has 0 radical (unpaired) electrons. The minimum Gasteiger partial charge on any atom is -0.492 e. The van der Waals surface area contributed by atoms with Crippen LogP contribution in [-0.4, -0.2) is 44.0 Å². The molecule has 0 bridgehead atoms. The average molecular weight is 293 g/mol. The third-order valence-electron chi connectivity index (χ3n) is 2.82. The summed E-state index contributed by atoms with van der Waals surface area (Å²) in [7, 11) is 3.41. The van der Waals surface area contributed by atoms with Crippen molar-refractivity contribution in [3.8, 4) is 5.75 Å². The van der Waals surface area contributed by atoms with Crippen LogP contribution in [0, 0.1) is 0 Å². The van der Waals surface area contributed by atoms with Gasteiger partial charge in [0, 0.05) is 39.2 Å². The number of amides is 2. The number of nitrogens with zero attached hydrogens (tertiary/aromatic N) is 1. The Morgan fingerprint density at radius 3 is 2.43 bits per heavy atom. The molecule has 21 heavy (non-hydrogen) atoms. The largest absolute Gasteiger partial charge is 0.492 e. The van der Waals surface area contributed by atoms with Crippen LogP contribution in [0.4, 0.5) is 5.69 Å². The van der Waals surface area contributed by atoms with E-state index in [4.69, 9.17) is 10.5 Å². The molecule has 0 aliphatic rings. The maximum atomic E-state index is 11.7. The highest BCUT2D eigenvalue weighted by Gasteiger charge is 2.07. The molecular weight excluding hydrogens is 270 g/mol. The van der Waals surface area contributed by atoms with E-state index in [1.807, 2.05) is 0 Å². The van der Waals surface area contributed by atoms with Crippen molar-refractivity contribution < 1.29 is 14.3 Å². The normalized spacial score (nSPS) is 10.0. The minimum atomic E-state index is -0.0998. The van der Waals surface area contributed by atoms with E-state index in [0.717, 1.165) is 5.75 Å². The van der Waals surface area contributed by atoms with Crippen molar-refractivity contribution >= 4 is 17.5 Å². The van der Waals surface area contributed by atoms with Crippen LogP contribution in [0.2, 0.25) is 0 Å². The minimum absolute atomic E-state index is 0.0317. The maximum absolute atomic E-state index is 11.7. The molecule has 116 valence electrons. The summed E-state index contributed by atoms with van der Waals surface area (Å²) in [5.74, 6) is 0.649. The molecule has 2 amide bonds. The van der Waals surface area contributed by atoms with Gasteiger partial charge in [0.2, 0.25) is 11.8 Å². The quantitative estimate of drug-likeness (QED) is 0.755. The van der Waals surface area contributed by atoms with Gasteiger partial charge in [-0.3, -0.25) is 9.59 Å². The van der Waals surface area contributed by atoms with Crippen molar-refractivity contribution in [3.05, 3.63) is 24.3 Å². The summed E-state index contributed by atoms with van der Waals surface area (Å²) in [4.78, 5) is 24.6. The lowest BCUT2D eigenvalue weighted by Gasteiger charge is -2.10. The molecule has 0 aliphatic carbocycles. The Morgan fingerprint density at radius 2 is 1.86 bits per heavy atom. The molecule has 0 fully saturated rings. The number of ether oxygens (including phenoxy) is 1. The average Bonchev–Trinajstić information content (AvgIpc) is 2.46. The predicted octanol–water partition coefficient (Wildman–Crippen LogP) is 1.22. The van der Waals surface area contributed by atoms with Crippen molar-refractivity contribution in [1.29, 1.82) is 0 Å². The number of rotatable bonds is 8. The first-order chi connectivity index (χ1) is 10.0. The van der Waals surface area contributed by atoms with Crippen molar-refractivity contribution in [2.45, 2.75) is 19.3 Å². The van der Waals surface area contributed by atoms with E-state index in [2.05, 4.69) is 5.32 Å². The number of hydrogen-bond acceptors (Lipinski definition) is 4. The Kier molecular flexibility index (Phi) is 7.25. The molecule has 1 rings (SSSR count). The van der Waals surface area contributed by atoms with Crippen LogP contribution >= 0.6 is 0 Å². The summed E-state index contributed by atoms with van der Waals surface area (Å²) in [5, 5.41) is 2.78. The molecule has 3 N–H and O–H groups in total. The molecule has 0 aromatic heterocycles. The number of hydrogen-bond donors (Lipinski definition) is 2. The molecular formula is C15H23N3O3. The van der Waals surface area contributed by atoms with Crippen LogP contribution in [0.25, 0.3) is 0 Å². The van der Waals surface area contributed by atoms with E-state index in [9.17, 15) is 9.59 Å². The fraction of sp³-hybridized carbons (Fsp3) is 0.467. The SMILES string of the molecule is CN(C)C(=O)CCCC(=O)Nc1ccc(OCCN)cc1. The van der Waals surface area contributed by atoms with Crippen LogP contribution in [0.15, 0.2) is 24.3 Å². The van der Waals surface area contributed by atoms with Gasteiger partial charge in [-0.2, -0.15) is 0 Å². The van der Waals surface area contributed by atoms with Crippen molar-refractivity contribution in [1.82, 2.24) is 4.90 Å². The Labute approximate surface area is 125 Å². The topological polar surface area (TPSA) is 84.7 Å². The molecule has 6 nitrogen and oxygen atoms in total. The van der Waals surface area contributed by atoms with E-state index in [1.165, 1.54) is 4.90 Å². The van der Waals surface area contributed by atoms with Gasteiger partial charge in [-0.15, -0.1) is 0 Å². The summed E-state index contributed by atoms with van der Waals surface area (Å²) < 4.78 is 5.35. The molecule has 0 aliphatic heterocycles. The van der Waals surface area contributed by atoms with E-state index < -0.39 is 0 Å². The molecule has 0 heterocycles. The van der Waals surface area contributed by atoms with E-state index in [1.54, 1.807) is 38.4 Å². The number of carbonyl (C=O) groups is 2. The summed E-state index contributed by atoms with van der Waals surface area (Å²) in [6, 6.07) is 7.10. The van der Waals surface area contributed by atoms with Gasteiger partial charge in [0.1, 0.15) is 12.4 Å². The zero-order valence-corrected chi connectivity index (χ0v) is 12.6. The van der Waals surface area contributed by atoms with Crippen molar-refractivity contribution in [2.75, 3.05) is 32.6 Å². The lowest BCUT2D eigenvalue weighted by molar-refractivity contribution is -0.128. The van der Waals surface area contributed by atoms with Crippen LogP contribution in [-0.2, 0) is 9.59 Å². The monoisotopic (exact) mass is 293 g/mol. The summed E-state index contributed by atoms with van der Waals surface area (Å²) in [6.07, 6.45) is 1.25. The third-order valence-corrected chi connectivity index (χ3v) is 2.82. The molecule has 6 heteroatoms. The van der Waals surface area contributed by atoms with Crippen LogP contribution in [0.5, 0.6) is 5.75 Å². The predicted molar refractivity (Wildman–Crippen MR) is 82.2 cm³/mol. The lowest BCUT2D eigenvalue weighted by Crippen LogP contribution is -2.21. The van der Waals surface area contributed by atoms with Crippen molar-refractivity contribution in [3.63, 3.8) is 0 Å². The van der Waals surface area contributed by atoms with Crippen LogP contribution in [0.3, 0.4) is 0 Å². The van der Waals surface area contributed by atoms with Gasteiger partial charge in [0.25, 0.3) is 0 Å². The Morgan fingerprint density at radius 1 is 1.19 bits per heavy atom. The van der Waals surface area contributed by atoms with E-state index >= 15 is 0 Å². The number of nitrogens with two attached hydrogens (primary N) is 1.